The Balaban J connectivity index is 1.56. The summed E-state index contributed by atoms with van der Waals surface area (Å²) in [4.78, 5) is 0. The summed E-state index contributed by atoms with van der Waals surface area (Å²) < 4.78 is 31.4. The summed E-state index contributed by atoms with van der Waals surface area (Å²) >= 11 is 3.83. The molecule has 0 unspecified atom stereocenters. The molecule has 0 saturated carbocycles. The number of fused-ring (bicyclic) bond motifs is 1. The van der Waals surface area contributed by atoms with Crippen LogP contribution >= 0.6 is 15.9 Å². The third-order valence-electron chi connectivity index (χ3n) is 9.08. The predicted octanol–water partition coefficient (Wildman–Crippen LogP) is 9.56. The lowest BCUT2D eigenvalue weighted by molar-refractivity contribution is 0.171. The Morgan fingerprint density at radius 3 is 2.26 bits per heavy atom. The van der Waals surface area contributed by atoms with Gasteiger partial charge in [0.05, 0.1) is 23.8 Å². The minimum Gasteiger partial charge on any atom is -0.493 e. The maximum Gasteiger partial charge on any atom is 0.231 e. The van der Waals surface area contributed by atoms with Gasteiger partial charge in [-0.2, -0.15) is 0 Å². The molecule has 3 aromatic carbocycles. The molecule has 0 aromatic heterocycles. The fraction of sp³-hybridized carbons (Fsp3) is 0.421. The van der Waals surface area contributed by atoms with Crippen LogP contribution in [0.4, 0.5) is 0 Å². The second-order valence-corrected chi connectivity index (χ2v) is 23.9. The molecule has 0 saturated heterocycles. The monoisotopic (exact) mass is 720 g/mol. The number of halogens is 1. The summed E-state index contributed by atoms with van der Waals surface area (Å²) in [5.41, 5.74) is 6.70. The van der Waals surface area contributed by atoms with Gasteiger partial charge in [-0.3, -0.25) is 0 Å². The minimum absolute atomic E-state index is 0.172. The fourth-order valence-electron chi connectivity index (χ4n) is 6.70. The van der Waals surface area contributed by atoms with Crippen LogP contribution in [-0.4, -0.2) is 36.9 Å². The molecule has 0 atom stereocenters. The van der Waals surface area contributed by atoms with Gasteiger partial charge < -0.3 is 23.4 Å². The maximum atomic E-state index is 6.69. The van der Waals surface area contributed by atoms with E-state index in [1.165, 1.54) is 5.19 Å². The summed E-state index contributed by atoms with van der Waals surface area (Å²) in [5, 5.41) is 1.41. The lowest BCUT2D eigenvalue weighted by atomic mass is 10.1. The van der Waals surface area contributed by atoms with Crippen LogP contribution < -0.4 is 24.1 Å². The van der Waals surface area contributed by atoms with Crippen LogP contribution in [0.2, 0.25) is 29.7 Å². The quantitative estimate of drug-likeness (QED) is 0.130. The van der Waals surface area contributed by atoms with E-state index >= 15 is 0 Å². The van der Waals surface area contributed by atoms with E-state index in [1.54, 1.807) is 7.11 Å². The number of methoxy groups -OCH3 is 1. The van der Waals surface area contributed by atoms with Crippen molar-refractivity contribution in [2.45, 2.75) is 84.3 Å². The summed E-state index contributed by atoms with van der Waals surface area (Å²) in [5.74, 6) is 9.34. The summed E-state index contributed by atoms with van der Waals surface area (Å²) in [6.45, 7) is 19.3. The molecule has 0 aliphatic carbocycles. The molecule has 4 rings (SSSR count). The third kappa shape index (κ3) is 7.94. The van der Waals surface area contributed by atoms with Crippen molar-refractivity contribution in [2.24, 2.45) is 0 Å². The van der Waals surface area contributed by atoms with E-state index in [1.807, 2.05) is 18.2 Å². The van der Waals surface area contributed by atoms with Gasteiger partial charge in [0.15, 0.2) is 23.0 Å². The smallest absolute Gasteiger partial charge is 0.231 e. The number of hydrogen-bond acceptors (Lipinski definition) is 5. The average Bonchev–Trinajstić information content (AvgIpc) is 3.50. The SMILES string of the molecule is COc1ccc(C/C=C\[Si](C)(C)c2ccccc2)c(Br)c1OCc1c(C#CCO[Si](C(C)C)(C(C)C)C(C)C)ccc2c1OCO2. The van der Waals surface area contributed by atoms with Gasteiger partial charge >= 0.3 is 0 Å². The van der Waals surface area contributed by atoms with Crippen molar-refractivity contribution in [3.63, 3.8) is 0 Å². The van der Waals surface area contributed by atoms with Gasteiger partial charge in [-0.1, -0.05) is 120 Å². The topological polar surface area (TPSA) is 46.2 Å². The number of allylic oxidation sites excluding steroid dienone is 1. The number of ether oxygens (including phenoxy) is 4. The van der Waals surface area contributed by atoms with E-state index in [9.17, 15) is 0 Å². The molecular weight excluding hydrogens is 672 g/mol. The molecular formula is C38H49BrO5Si2. The first-order valence-corrected chi connectivity index (χ1v) is 22.2. The Morgan fingerprint density at radius 1 is 0.913 bits per heavy atom. The zero-order valence-corrected chi connectivity index (χ0v) is 32.4. The molecule has 0 N–H and O–H groups in total. The first kappa shape index (κ1) is 35.9. The van der Waals surface area contributed by atoms with Crippen LogP contribution in [0.15, 0.2) is 70.8 Å². The van der Waals surface area contributed by atoms with Crippen molar-refractivity contribution < 1.29 is 23.4 Å². The number of benzene rings is 3. The predicted molar refractivity (Wildman–Crippen MR) is 198 cm³/mol. The Morgan fingerprint density at radius 2 is 1.61 bits per heavy atom. The van der Waals surface area contributed by atoms with E-state index in [4.69, 9.17) is 23.4 Å². The summed E-state index contributed by atoms with van der Waals surface area (Å²) in [6.07, 6.45) is 3.04. The Labute approximate surface area is 286 Å². The average molecular weight is 722 g/mol. The van der Waals surface area contributed by atoms with Crippen LogP contribution in [0.5, 0.6) is 23.0 Å². The lowest BCUT2D eigenvalue weighted by Gasteiger charge is -2.41. The fourth-order valence-corrected chi connectivity index (χ4v) is 14.6. The molecule has 1 aliphatic rings. The Kier molecular flexibility index (Phi) is 12.3. The second-order valence-electron chi connectivity index (χ2n) is 13.3. The second kappa shape index (κ2) is 15.8. The standard InChI is InChI=1S/C38H49BrO5Si2/c1-27(2)46(28(3)4,29(5)6)44-23-13-15-30-19-22-35-37(43-26-42-35)33(30)25-41-38-34(40-7)21-20-31(36(38)39)16-14-24-45(8,9)32-17-11-10-12-18-32/h10-12,14,17-22,24,27-29H,16,23,25-26H2,1-9H3/b24-14-. The molecule has 0 fully saturated rings. The zero-order valence-electron chi connectivity index (χ0n) is 28.8. The number of hydrogen-bond donors (Lipinski definition) is 0. The normalized spacial score (nSPS) is 13.1. The minimum atomic E-state index is -2.01. The van der Waals surface area contributed by atoms with Crippen LogP contribution in [0.1, 0.15) is 58.2 Å². The molecule has 0 spiro atoms. The molecule has 1 heterocycles. The van der Waals surface area contributed by atoms with Gasteiger partial charge in [0.1, 0.15) is 14.7 Å². The molecule has 1 aliphatic heterocycles. The highest BCUT2D eigenvalue weighted by molar-refractivity contribution is 9.10. The lowest BCUT2D eigenvalue weighted by Crippen LogP contribution is -2.47. The van der Waals surface area contributed by atoms with Crippen LogP contribution in [0, 0.1) is 11.8 Å². The Bertz CT molecular complexity index is 1550. The molecule has 46 heavy (non-hydrogen) atoms. The molecule has 246 valence electrons. The largest absolute Gasteiger partial charge is 0.493 e. The molecule has 5 nitrogen and oxygen atoms in total. The highest BCUT2D eigenvalue weighted by atomic mass is 79.9. The summed E-state index contributed by atoms with van der Waals surface area (Å²) in [6, 6.07) is 18.7. The highest BCUT2D eigenvalue weighted by Gasteiger charge is 2.44. The van der Waals surface area contributed by atoms with E-state index in [2.05, 4.69) is 131 Å². The number of rotatable bonds is 13. The van der Waals surface area contributed by atoms with Gasteiger partial charge in [-0.15, -0.1) is 0 Å². The van der Waals surface area contributed by atoms with E-state index in [0.717, 1.165) is 27.6 Å². The van der Waals surface area contributed by atoms with Crippen molar-refractivity contribution in [2.75, 3.05) is 20.5 Å². The van der Waals surface area contributed by atoms with Crippen LogP contribution in [-0.2, 0) is 17.5 Å². The summed E-state index contributed by atoms with van der Waals surface area (Å²) in [7, 11) is -2.05. The van der Waals surface area contributed by atoms with Crippen molar-refractivity contribution >= 4 is 37.5 Å². The molecule has 0 amide bonds. The Hall–Kier alpha value is -2.97. The van der Waals surface area contributed by atoms with Gasteiger partial charge in [0.25, 0.3) is 0 Å². The zero-order chi connectivity index (χ0) is 33.5. The third-order valence-corrected chi connectivity index (χ3v) is 18.9. The van der Waals surface area contributed by atoms with Crippen molar-refractivity contribution in [1.29, 1.82) is 0 Å². The molecule has 3 aromatic rings. The van der Waals surface area contributed by atoms with Crippen LogP contribution in [0.3, 0.4) is 0 Å². The van der Waals surface area contributed by atoms with Gasteiger partial charge in [-0.25, -0.2) is 0 Å². The van der Waals surface area contributed by atoms with E-state index in [-0.39, 0.29) is 13.4 Å². The molecule has 0 radical (unpaired) electrons. The first-order chi connectivity index (χ1) is 21.9. The van der Waals surface area contributed by atoms with E-state index < -0.39 is 16.4 Å². The van der Waals surface area contributed by atoms with Gasteiger partial charge in [-0.05, 0) is 62.7 Å². The molecule has 0 bridgehead atoms. The van der Waals surface area contributed by atoms with Crippen molar-refractivity contribution in [3.8, 4) is 34.8 Å². The highest BCUT2D eigenvalue weighted by Crippen LogP contribution is 2.43. The first-order valence-electron chi connectivity index (χ1n) is 16.2. The molecule has 8 heteroatoms. The van der Waals surface area contributed by atoms with Gasteiger partial charge in [0.2, 0.25) is 15.1 Å². The van der Waals surface area contributed by atoms with Gasteiger partial charge in [0, 0.05) is 5.56 Å². The maximum absolute atomic E-state index is 6.69. The van der Waals surface area contributed by atoms with Crippen molar-refractivity contribution in [3.05, 3.63) is 87.5 Å². The van der Waals surface area contributed by atoms with Crippen molar-refractivity contribution in [1.82, 2.24) is 0 Å². The van der Waals surface area contributed by atoms with E-state index in [0.29, 0.717) is 46.2 Å². The van der Waals surface area contributed by atoms with Crippen LogP contribution in [0.25, 0.3) is 0 Å².